The van der Waals surface area contributed by atoms with Crippen LogP contribution in [0, 0.1) is 6.92 Å². The van der Waals surface area contributed by atoms with Crippen molar-refractivity contribution in [1.29, 1.82) is 0 Å². The number of anilines is 1. The Labute approximate surface area is 201 Å². The van der Waals surface area contributed by atoms with Gasteiger partial charge in [-0.3, -0.25) is 9.69 Å². The third kappa shape index (κ3) is 3.88. The highest BCUT2D eigenvalue weighted by Gasteiger charge is 2.21. The maximum Gasteiger partial charge on any atom is 0.214 e. The van der Waals surface area contributed by atoms with Crippen molar-refractivity contribution in [2.24, 2.45) is 0 Å². The molecule has 1 atom stereocenters. The number of ether oxygens (including phenoxy) is 1. The first-order valence-corrected chi connectivity index (χ1v) is 11.7. The monoisotopic (exact) mass is 469 g/mol. The van der Waals surface area contributed by atoms with Crippen LogP contribution in [-0.2, 0) is 11.3 Å². The average molecular weight is 470 g/mol. The second-order valence-corrected chi connectivity index (χ2v) is 9.21. The molecule has 2 aromatic carbocycles. The van der Waals surface area contributed by atoms with Gasteiger partial charge in [0.25, 0.3) is 0 Å². The van der Waals surface area contributed by atoms with Crippen LogP contribution in [0.3, 0.4) is 0 Å². The van der Waals surface area contributed by atoms with Crippen LogP contribution in [0.2, 0.25) is 0 Å². The summed E-state index contributed by atoms with van der Waals surface area (Å²) < 4.78 is 7.12. The molecule has 0 radical (unpaired) electrons. The zero-order valence-corrected chi connectivity index (χ0v) is 19.7. The summed E-state index contributed by atoms with van der Waals surface area (Å²) in [5, 5.41) is 5.39. The molecular formula is C26H27N7O2. The summed E-state index contributed by atoms with van der Waals surface area (Å²) in [6.45, 7) is 7.39. The van der Waals surface area contributed by atoms with Gasteiger partial charge in [0.2, 0.25) is 5.78 Å². The molecule has 6 rings (SSSR count). The minimum absolute atomic E-state index is 0.188. The Morgan fingerprint density at radius 2 is 2.06 bits per heavy atom. The summed E-state index contributed by atoms with van der Waals surface area (Å²) >= 11 is 0. The van der Waals surface area contributed by atoms with Gasteiger partial charge < -0.3 is 20.4 Å². The van der Waals surface area contributed by atoms with Crippen LogP contribution in [0.4, 0.5) is 5.82 Å². The number of carbonyl (C=O) groups is 1. The smallest absolute Gasteiger partial charge is 0.214 e. The average Bonchev–Trinajstić information content (AvgIpc) is 3.55. The van der Waals surface area contributed by atoms with Crippen molar-refractivity contribution in [3.8, 4) is 5.69 Å². The van der Waals surface area contributed by atoms with Crippen molar-refractivity contribution < 1.29 is 9.53 Å². The van der Waals surface area contributed by atoms with E-state index in [1.165, 1.54) is 11.8 Å². The highest BCUT2D eigenvalue weighted by molar-refractivity contribution is 6.12. The molecule has 0 bridgehead atoms. The number of fused-ring (bicyclic) bond motifs is 2. The zero-order valence-electron chi connectivity index (χ0n) is 19.7. The van der Waals surface area contributed by atoms with E-state index in [4.69, 9.17) is 10.5 Å². The predicted octanol–water partition coefficient (Wildman–Crippen LogP) is 3.57. The van der Waals surface area contributed by atoms with Gasteiger partial charge in [-0.15, -0.1) is 0 Å². The minimum Gasteiger partial charge on any atom is -0.383 e. The molecule has 9 nitrogen and oxygen atoms in total. The Kier molecular flexibility index (Phi) is 5.16. The highest BCUT2D eigenvalue weighted by Crippen LogP contribution is 2.25. The summed E-state index contributed by atoms with van der Waals surface area (Å²) in [5.41, 5.74) is 11.9. The van der Waals surface area contributed by atoms with E-state index in [9.17, 15) is 4.79 Å². The first kappa shape index (κ1) is 21.6. The lowest BCUT2D eigenvalue weighted by Gasteiger charge is -2.33. The van der Waals surface area contributed by atoms with Crippen LogP contribution in [0.1, 0.15) is 34.4 Å². The number of rotatable bonds is 5. The van der Waals surface area contributed by atoms with Crippen molar-refractivity contribution in [2.45, 2.75) is 26.4 Å². The van der Waals surface area contributed by atoms with Gasteiger partial charge in [0.05, 0.1) is 47.4 Å². The first-order chi connectivity index (χ1) is 17.0. The Hall–Kier alpha value is -3.95. The van der Waals surface area contributed by atoms with Crippen LogP contribution in [-0.4, -0.2) is 61.2 Å². The van der Waals surface area contributed by atoms with Crippen molar-refractivity contribution in [2.75, 3.05) is 25.5 Å². The molecule has 9 heteroatoms. The molecule has 178 valence electrons. The Morgan fingerprint density at radius 1 is 1.17 bits per heavy atom. The largest absolute Gasteiger partial charge is 0.383 e. The van der Waals surface area contributed by atoms with Gasteiger partial charge in [-0.05, 0) is 55.8 Å². The minimum atomic E-state index is -0.188. The van der Waals surface area contributed by atoms with Crippen LogP contribution in [0.5, 0.6) is 0 Å². The molecular weight excluding hydrogens is 442 g/mol. The maximum absolute atomic E-state index is 13.3. The number of aromatic nitrogens is 5. The number of nitrogens with two attached hydrogens (primary N) is 1. The fourth-order valence-electron chi connectivity index (χ4n) is 4.77. The van der Waals surface area contributed by atoms with E-state index in [1.807, 2.05) is 37.3 Å². The van der Waals surface area contributed by atoms with E-state index >= 15 is 0 Å². The molecule has 0 spiro atoms. The third-order valence-corrected chi connectivity index (χ3v) is 6.70. The first-order valence-electron chi connectivity index (χ1n) is 11.7. The normalized spacial score (nSPS) is 16.9. The lowest BCUT2D eigenvalue weighted by Crippen LogP contribution is -2.42. The molecule has 1 fully saturated rings. The molecule has 4 N–H and O–H groups in total. The van der Waals surface area contributed by atoms with E-state index < -0.39 is 0 Å². The molecule has 5 aromatic rings. The SMILES string of the molecule is Cc1nc2ccc(-n3ncc(C(=O)c4cc5cc(CN6CCOCC6C)ccc5[nH]4)c3N)cc2[nH]1. The molecule has 3 aromatic heterocycles. The Morgan fingerprint density at radius 3 is 2.91 bits per heavy atom. The second-order valence-electron chi connectivity index (χ2n) is 9.21. The molecule has 1 aliphatic rings. The molecule has 0 aliphatic carbocycles. The van der Waals surface area contributed by atoms with E-state index in [1.54, 1.807) is 4.68 Å². The Balaban J connectivity index is 1.27. The number of H-pyrrole nitrogens is 2. The summed E-state index contributed by atoms with van der Waals surface area (Å²) in [4.78, 5) is 26.6. The summed E-state index contributed by atoms with van der Waals surface area (Å²) in [5.74, 6) is 0.945. The van der Waals surface area contributed by atoms with Crippen molar-refractivity contribution >= 4 is 33.5 Å². The van der Waals surface area contributed by atoms with Crippen molar-refractivity contribution in [1.82, 2.24) is 29.6 Å². The fourth-order valence-corrected chi connectivity index (χ4v) is 4.77. The second kappa shape index (κ2) is 8.37. The van der Waals surface area contributed by atoms with Crippen LogP contribution in [0.25, 0.3) is 27.6 Å². The molecule has 1 saturated heterocycles. The number of morpholine rings is 1. The molecule has 4 heterocycles. The standard InChI is InChI=1S/C26H27N7O2/c1-15-14-35-8-7-32(15)13-17-3-5-21-18(9-17)10-24(31-21)25(34)20-12-28-33(26(20)27)19-4-6-22-23(11-19)30-16(2)29-22/h3-6,9-12,15,31H,7-8,13-14,27H2,1-2H3,(H,29,30). The molecule has 1 unspecified atom stereocenters. The zero-order chi connectivity index (χ0) is 24.1. The maximum atomic E-state index is 13.3. The van der Waals surface area contributed by atoms with Crippen molar-refractivity contribution in [3.05, 3.63) is 71.3 Å². The number of nitrogen functional groups attached to an aromatic ring is 1. The number of hydrogen-bond acceptors (Lipinski definition) is 6. The number of nitrogens with one attached hydrogen (secondary N) is 2. The summed E-state index contributed by atoms with van der Waals surface area (Å²) in [6.07, 6.45) is 1.52. The third-order valence-electron chi connectivity index (χ3n) is 6.70. The van der Waals surface area contributed by atoms with Crippen LogP contribution < -0.4 is 5.73 Å². The fraction of sp³-hybridized carbons (Fsp3) is 0.269. The number of nitrogens with zero attached hydrogens (tertiary/aromatic N) is 4. The molecule has 0 saturated carbocycles. The summed E-state index contributed by atoms with van der Waals surface area (Å²) in [7, 11) is 0. The van der Waals surface area contributed by atoms with E-state index in [0.29, 0.717) is 23.1 Å². The van der Waals surface area contributed by atoms with Gasteiger partial charge in [0.15, 0.2) is 0 Å². The topological polar surface area (TPSA) is 118 Å². The Bertz CT molecular complexity index is 1560. The number of carbonyl (C=O) groups excluding carboxylic acids is 1. The number of imidazole rings is 1. The van der Waals surface area contributed by atoms with Crippen LogP contribution >= 0.6 is 0 Å². The number of hydrogen-bond donors (Lipinski definition) is 3. The predicted molar refractivity (Wildman–Crippen MR) is 135 cm³/mol. The number of aromatic amines is 2. The highest BCUT2D eigenvalue weighted by atomic mass is 16.5. The van der Waals surface area contributed by atoms with Gasteiger partial charge in [-0.1, -0.05) is 6.07 Å². The van der Waals surface area contributed by atoms with E-state index in [0.717, 1.165) is 59.8 Å². The lowest BCUT2D eigenvalue weighted by molar-refractivity contribution is -0.00435. The summed E-state index contributed by atoms with van der Waals surface area (Å²) in [6, 6.07) is 14.3. The number of aryl methyl sites for hydroxylation is 1. The van der Waals surface area contributed by atoms with Crippen molar-refractivity contribution in [3.63, 3.8) is 0 Å². The van der Waals surface area contributed by atoms with Gasteiger partial charge in [0.1, 0.15) is 11.6 Å². The lowest BCUT2D eigenvalue weighted by atomic mass is 10.1. The van der Waals surface area contributed by atoms with Gasteiger partial charge in [-0.25, -0.2) is 9.67 Å². The number of benzene rings is 2. The molecule has 1 aliphatic heterocycles. The molecule has 35 heavy (non-hydrogen) atoms. The van der Waals surface area contributed by atoms with Gasteiger partial charge >= 0.3 is 0 Å². The van der Waals surface area contributed by atoms with Crippen LogP contribution in [0.15, 0.2) is 48.7 Å². The quantitative estimate of drug-likeness (QED) is 0.339. The number of ketones is 1. The van der Waals surface area contributed by atoms with E-state index in [2.05, 4.69) is 44.0 Å². The van der Waals surface area contributed by atoms with E-state index in [-0.39, 0.29) is 5.78 Å². The van der Waals surface area contributed by atoms with Gasteiger partial charge in [-0.2, -0.15) is 5.10 Å². The van der Waals surface area contributed by atoms with Gasteiger partial charge in [0, 0.05) is 30.0 Å². The molecule has 0 amide bonds.